The topological polar surface area (TPSA) is 39.9 Å². The number of aromatic amines is 1. The molecule has 2 heterocycles. The number of rotatable bonds is 2. The zero-order chi connectivity index (χ0) is 11.0. The lowest BCUT2D eigenvalue weighted by Crippen LogP contribution is -2.34. The van der Waals surface area contributed by atoms with Crippen molar-refractivity contribution in [2.75, 3.05) is 6.61 Å². The van der Waals surface area contributed by atoms with Gasteiger partial charge >= 0.3 is 0 Å². The van der Waals surface area contributed by atoms with Gasteiger partial charge in [-0.25, -0.2) is 4.57 Å². The molecule has 3 nitrogen and oxygen atoms in total. The van der Waals surface area contributed by atoms with Crippen LogP contribution in [0.2, 0.25) is 0 Å². The second-order valence-corrected chi connectivity index (χ2v) is 3.90. The van der Waals surface area contributed by atoms with Crippen molar-refractivity contribution in [1.29, 1.82) is 0 Å². The van der Waals surface area contributed by atoms with Gasteiger partial charge in [-0.05, 0) is 6.07 Å². The molecule has 0 fully saturated rings. The standard InChI is InChI=1S/C13H12N2O/c16-8-7-15-6-5-11-10-3-1-2-4-12(10)14-13(11)9-15/h1-6,9,16H,7-8H2/p+1. The quantitative estimate of drug-likeness (QED) is 0.624. The van der Waals surface area contributed by atoms with Crippen LogP contribution < -0.4 is 4.57 Å². The van der Waals surface area contributed by atoms with Crippen LogP contribution in [0.15, 0.2) is 42.7 Å². The monoisotopic (exact) mass is 213 g/mol. The molecular weight excluding hydrogens is 200 g/mol. The highest BCUT2D eigenvalue weighted by molar-refractivity contribution is 6.06. The Labute approximate surface area is 93.0 Å². The van der Waals surface area contributed by atoms with Crippen molar-refractivity contribution in [2.24, 2.45) is 0 Å². The first-order valence-corrected chi connectivity index (χ1v) is 5.39. The van der Waals surface area contributed by atoms with E-state index in [-0.39, 0.29) is 6.61 Å². The van der Waals surface area contributed by atoms with Crippen LogP contribution in [-0.2, 0) is 6.54 Å². The van der Waals surface area contributed by atoms with Gasteiger partial charge in [-0.1, -0.05) is 18.2 Å². The maximum Gasteiger partial charge on any atom is 0.193 e. The zero-order valence-corrected chi connectivity index (χ0v) is 8.85. The van der Waals surface area contributed by atoms with Crippen molar-refractivity contribution >= 4 is 21.8 Å². The van der Waals surface area contributed by atoms with Crippen molar-refractivity contribution in [3.05, 3.63) is 42.7 Å². The Morgan fingerprint density at radius 1 is 1.06 bits per heavy atom. The Hall–Kier alpha value is -1.87. The molecule has 0 bridgehead atoms. The fraction of sp³-hybridized carbons (Fsp3) is 0.154. The van der Waals surface area contributed by atoms with E-state index in [0.717, 1.165) is 11.0 Å². The van der Waals surface area contributed by atoms with E-state index in [9.17, 15) is 0 Å². The fourth-order valence-corrected chi connectivity index (χ4v) is 2.10. The van der Waals surface area contributed by atoms with E-state index in [2.05, 4.69) is 23.2 Å². The number of nitrogens with one attached hydrogen (secondary N) is 1. The SMILES string of the molecule is OCC[n+]1ccc2c(c1)[nH]c1ccccc12. The summed E-state index contributed by atoms with van der Waals surface area (Å²) in [6.07, 6.45) is 4.03. The number of benzene rings is 1. The second kappa shape index (κ2) is 3.61. The normalized spacial score (nSPS) is 11.3. The summed E-state index contributed by atoms with van der Waals surface area (Å²) < 4.78 is 1.98. The van der Waals surface area contributed by atoms with Crippen LogP contribution in [0.4, 0.5) is 0 Å². The van der Waals surface area contributed by atoms with Crippen LogP contribution in [0.25, 0.3) is 21.8 Å². The molecule has 1 aromatic carbocycles. The van der Waals surface area contributed by atoms with Crippen LogP contribution in [0.3, 0.4) is 0 Å². The summed E-state index contributed by atoms with van der Waals surface area (Å²) in [4.78, 5) is 3.37. The number of fused-ring (bicyclic) bond motifs is 3. The average molecular weight is 213 g/mol. The van der Waals surface area contributed by atoms with Crippen LogP contribution in [-0.4, -0.2) is 16.7 Å². The fourth-order valence-electron chi connectivity index (χ4n) is 2.10. The third-order valence-electron chi connectivity index (χ3n) is 2.86. The Morgan fingerprint density at radius 3 is 2.75 bits per heavy atom. The predicted octanol–water partition coefficient (Wildman–Crippen LogP) is 1.60. The Balaban J connectivity index is 2.28. The first-order chi connectivity index (χ1) is 7.88. The minimum atomic E-state index is 0.163. The van der Waals surface area contributed by atoms with Crippen LogP contribution in [0, 0.1) is 0 Å². The predicted molar refractivity (Wildman–Crippen MR) is 63.1 cm³/mol. The number of hydrogen-bond acceptors (Lipinski definition) is 1. The maximum absolute atomic E-state index is 8.90. The van der Waals surface area contributed by atoms with Gasteiger partial charge in [-0.3, -0.25) is 0 Å². The van der Waals surface area contributed by atoms with Crippen molar-refractivity contribution in [2.45, 2.75) is 6.54 Å². The summed E-state index contributed by atoms with van der Waals surface area (Å²) in [5.41, 5.74) is 2.26. The van der Waals surface area contributed by atoms with Gasteiger partial charge in [0.2, 0.25) is 0 Å². The molecule has 0 radical (unpaired) electrons. The molecule has 2 N–H and O–H groups in total. The molecule has 0 atom stereocenters. The van der Waals surface area contributed by atoms with E-state index < -0.39 is 0 Å². The van der Waals surface area contributed by atoms with Crippen molar-refractivity contribution < 1.29 is 9.67 Å². The van der Waals surface area contributed by atoms with E-state index in [1.807, 2.05) is 29.1 Å². The number of hydrogen-bond donors (Lipinski definition) is 2. The molecule has 0 amide bonds. The summed E-state index contributed by atoms with van der Waals surface area (Å²) in [7, 11) is 0. The van der Waals surface area contributed by atoms with Gasteiger partial charge in [0.25, 0.3) is 0 Å². The van der Waals surface area contributed by atoms with Gasteiger partial charge in [0.05, 0.1) is 0 Å². The van der Waals surface area contributed by atoms with Gasteiger partial charge in [-0.2, -0.15) is 0 Å². The molecule has 3 heteroatoms. The first kappa shape index (κ1) is 9.36. The molecule has 3 rings (SSSR count). The second-order valence-electron chi connectivity index (χ2n) is 3.90. The molecule has 0 saturated carbocycles. The average Bonchev–Trinajstić information content (AvgIpc) is 2.67. The molecule has 0 unspecified atom stereocenters. The summed E-state index contributed by atoms with van der Waals surface area (Å²) in [5, 5.41) is 11.4. The van der Waals surface area contributed by atoms with Crippen molar-refractivity contribution in [1.82, 2.24) is 4.98 Å². The van der Waals surface area contributed by atoms with E-state index in [0.29, 0.717) is 6.54 Å². The van der Waals surface area contributed by atoms with Crippen molar-refractivity contribution in [3.8, 4) is 0 Å². The number of pyridine rings is 1. The first-order valence-electron chi connectivity index (χ1n) is 5.39. The molecule has 16 heavy (non-hydrogen) atoms. The Kier molecular flexibility index (Phi) is 2.11. The molecule has 2 aromatic heterocycles. The Morgan fingerprint density at radius 2 is 1.88 bits per heavy atom. The van der Waals surface area contributed by atoms with Crippen molar-refractivity contribution in [3.63, 3.8) is 0 Å². The zero-order valence-electron chi connectivity index (χ0n) is 8.85. The Bertz CT molecular complexity index is 643. The minimum absolute atomic E-state index is 0.163. The minimum Gasteiger partial charge on any atom is -0.390 e. The highest BCUT2D eigenvalue weighted by Gasteiger charge is 2.07. The largest absolute Gasteiger partial charge is 0.390 e. The summed E-state index contributed by atoms with van der Waals surface area (Å²) >= 11 is 0. The molecule has 0 aliphatic carbocycles. The van der Waals surface area contributed by atoms with E-state index >= 15 is 0 Å². The van der Waals surface area contributed by atoms with Gasteiger partial charge < -0.3 is 10.1 Å². The summed E-state index contributed by atoms with van der Waals surface area (Å²) in [5.74, 6) is 0. The van der Waals surface area contributed by atoms with Crippen LogP contribution in [0.1, 0.15) is 0 Å². The highest BCUT2D eigenvalue weighted by atomic mass is 16.3. The molecular formula is C13H13N2O+. The molecule has 0 aliphatic heterocycles. The lowest BCUT2D eigenvalue weighted by molar-refractivity contribution is -0.696. The van der Waals surface area contributed by atoms with Gasteiger partial charge in [0.15, 0.2) is 18.9 Å². The number of aliphatic hydroxyl groups is 1. The van der Waals surface area contributed by atoms with Crippen LogP contribution >= 0.6 is 0 Å². The van der Waals surface area contributed by atoms with Gasteiger partial charge in [0.1, 0.15) is 12.1 Å². The molecule has 80 valence electrons. The number of aliphatic hydroxyl groups excluding tert-OH is 1. The van der Waals surface area contributed by atoms with E-state index in [1.165, 1.54) is 10.8 Å². The van der Waals surface area contributed by atoms with Gasteiger partial charge in [-0.15, -0.1) is 0 Å². The third-order valence-corrected chi connectivity index (χ3v) is 2.86. The number of aromatic nitrogens is 2. The van der Waals surface area contributed by atoms with E-state index in [1.54, 1.807) is 0 Å². The summed E-state index contributed by atoms with van der Waals surface area (Å²) in [6, 6.07) is 10.4. The van der Waals surface area contributed by atoms with Gasteiger partial charge in [0, 0.05) is 22.4 Å². The third kappa shape index (κ3) is 1.37. The lowest BCUT2D eigenvalue weighted by Gasteiger charge is -1.93. The van der Waals surface area contributed by atoms with E-state index in [4.69, 9.17) is 5.11 Å². The number of nitrogens with zero attached hydrogens (tertiary/aromatic N) is 1. The highest BCUT2D eigenvalue weighted by Crippen LogP contribution is 2.23. The summed E-state index contributed by atoms with van der Waals surface area (Å²) in [6.45, 7) is 0.793. The molecule has 3 aromatic rings. The number of H-pyrrole nitrogens is 1. The smallest absolute Gasteiger partial charge is 0.193 e. The number of para-hydroxylation sites is 1. The molecule has 0 aliphatic rings. The maximum atomic E-state index is 8.90. The van der Waals surface area contributed by atoms with Crippen LogP contribution in [0.5, 0.6) is 0 Å². The molecule has 0 saturated heterocycles. The molecule has 0 spiro atoms. The lowest BCUT2D eigenvalue weighted by atomic mass is 10.2.